The molecule has 9 aromatic rings. The maximum absolute atomic E-state index is 2.63. The van der Waals surface area contributed by atoms with Crippen LogP contribution in [0, 0.1) is 0 Å². The Hall–Kier alpha value is -6.37. The van der Waals surface area contributed by atoms with Crippen LogP contribution in [-0.2, 0) is 32.5 Å². The summed E-state index contributed by atoms with van der Waals surface area (Å²) < 4.78 is 0. The largest absolute Gasteiger partial charge is 0.179 e. The predicted molar refractivity (Wildman–Crippen MR) is 382 cm³/mol. The van der Waals surface area contributed by atoms with Gasteiger partial charge in [-0.2, -0.15) is 0 Å². The highest BCUT2D eigenvalue weighted by Crippen LogP contribution is 2.28. The lowest BCUT2D eigenvalue weighted by Gasteiger charge is -2.36. The Bertz CT molecular complexity index is 3110. The van der Waals surface area contributed by atoms with Crippen molar-refractivity contribution in [1.82, 2.24) is 0 Å². The van der Waals surface area contributed by atoms with E-state index in [0.717, 1.165) is 0 Å². The third-order valence-electron chi connectivity index (χ3n) is 17.2. The summed E-state index contributed by atoms with van der Waals surface area (Å²) in [5.74, 6) is 0. The van der Waals surface area contributed by atoms with Gasteiger partial charge in [-0.05, 0) is 107 Å². The number of hydrogen-bond acceptors (Lipinski definition) is 0. The molecule has 0 atom stereocenters. The Morgan fingerprint density at radius 2 is 0.298 bits per heavy atom. The van der Waals surface area contributed by atoms with Gasteiger partial charge in [0.1, 0.15) is 0 Å². The third-order valence-corrected chi connectivity index (χ3v) is 28.8. The van der Waals surface area contributed by atoms with Crippen LogP contribution in [0.25, 0.3) is 0 Å². The van der Waals surface area contributed by atoms with Crippen molar-refractivity contribution < 1.29 is 0 Å². The van der Waals surface area contributed by atoms with Crippen LogP contribution in [0.15, 0.2) is 237 Å². The van der Waals surface area contributed by atoms with Crippen LogP contribution in [0.4, 0.5) is 0 Å². The molecule has 0 aliphatic carbocycles. The van der Waals surface area contributed by atoms with Crippen molar-refractivity contribution in [3.8, 4) is 0 Å². The summed E-state index contributed by atoms with van der Waals surface area (Å²) in [6.07, 6.45) is 0. The molecule has 0 spiro atoms. The zero-order chi connectivity index (χ0) is 61.7. The molecule has 0 aromatic heterocycles. The molecule has 0 bridgehead atoms. The van der Waals surface area contributed by atoms with Crippen molar-refractivity contribution >= 4 is 70.9 Å². The fourth-order valence-corrected chi connectivity index (χ4v) is 22.2. The second-order valence-corrected chi connectivity index (χ2v) is 43.5. The Kier molecular flexibility index (Phi) is 19.6. The van der Waals surface area contributed by atoms with Gasteiger partial charge in [0.25, 0.3) is 0 Å². The Morgan fingerprint density at radius 1 is 0.167 bits per heavy atom. The van der Waals surface area contributed by atoms with Crippen molar-refractivity contribution in [2.45, 2.75) is 177 Å². The Labute approximate surface area is 514 Å². The van der Waals surface area contributed by atoms with E-state index in [4.69, 9.17) is 0 Å². The van der Waals surface area contributed by atoms with Crippen LogP contribution in [0.3, 0.4) is 0 Å². The van der Waals surface area contributed by atoms with E-state index >= 15 is 0 Å². The third kappa shape index (κ3) is 15.0. The molecule has 3 heteroatoms. The lowest BCUT2D eigenvalue weighted by atomic mass is 9.87. The normalized spacial score (nSPS) is 12.8. The molecule has 0 heterocycles. The molecule has 0 saturated heterocycles. The van der Waals surface area contributed by atoms with Gasteiger partial charge < -0.3 is 0 Å². The van der Waals surface area contributed by atoms with Crippen LogP contribution in [0.1, 0.15) is 158 Å². The maximum Gasteiger partial charge on any atom is 0.179 e. The summed E-state index contributed by atoms with van der Waals surface area (Å²) in [5, 5.41) is 13.0. The maximum atomic E-state index is 2.43. The van der Waals surface area contributed by atoms with Crippen molar-refractivity contribution in [2.24, 2.45) is 0 Å². The smallest absolute Gasteiger partial charge is 0.0656 e. The molecule has 0 amide bonds. The van der Waals surface area contributed by atoms with Gasteiger partial charge in [-0.1, -0.05) is 386 Å². The number of benzene rings is 9. The topological polar surface area (TPSA) is 0 Å². The number of hydrogen-bond donors (Lipinski definition) is 0. The summed E-state index contributed by atoms with van der Waals surface area (Å²) >= 11 is 0. The molecule has 84 heavy (non-hydrogen) atoms. The lowest BCUT2D eigenvalue weighted by molar-refractivity contribution is 0.590. The average molecular weight is 1160 g/mol. The predicted octanol–water partition coefficient (Wildman–Crippen LogP) is 16.1. The standard InChI is InChI=1S/C40H52Si.C28H28Si.C13H22Si/c1-37(2,3)29-13-21-33(22-14-29)41(34-23-15-30(16-24-34)38(4,5)6,35-25-17-31(18-26-35)39(7,8)9)36-27-19-32(20-28-36)40(10,11)12;1-28(2,3)23-19-21-27(22-20-23)29(24-13-7-4-8-14-24,25-15-9-5-10-16-25)26-17-11-6-12-18-26;1-13(2,3)11-7-9-12(10-8-11)14(4,5)6/h13-28H,1-12H3;4-22H,1-3H3;7-10H,1-6H3. The van der Waals surface area contributed by atoms with E-state index in [1.807, 2.05) is 0 Å². The van der Waals surface area contributed by atoms with Crippen LogP contribution >= 0.6 is 0 Å². The first-order chi connectivity index (χ1) is 39.1. The van der Waals surface area contributed by atoms with Crippen molar-refractivity contribution in [3.63, 3.8) is 0 Å². The fourth-order valence-electron chi connectivity index (χ4n) is 11.6. The van der Waals surface area contributed by atoms with Crippen molar-refractivity contribution in [1.29, 1.82) is 0 Å². The first kappa shape index (κ1) is 65.2. The van der Waals surface area contributed by atoms with Gasteiger partial charge in [0, 0.05) is 0 Å². The summed E-state index contributed by atoms with van der Waals surface area (Å²) in [7, 11) is -6.13. The van der Waals surface area contributed by atoms with Gasteiger partial charge in [0.15, 0.2) is 16.1 Å². The molecule has 9 aromatic carbocycles. The summed E-state index contributed by atoms with van der Waals surface area (Å²) in [6.45, 7) is 48.4. The van der Waals surface area contributed by atoms with E-state index in [1.54, 1.807) is 5.19 Å². The highest BCUT2D eigenvalue weighted by Gasteiger charge is 2.43. The minimum absolute atomic E-state index is 0.111. The lowest BCUT2D eigenvalue weighted by Crippen LogP contribution is -2.74. The Morgan fingerprint density at radius 3 is 0.429 bits per heavy atom. The second-order valence-electron chi connectivity index (χ2n) is 30.8. The molecule has 0 N–H and O–H groups in total. The summed E-state index contributed by atoms with van der Waals surface area (Å²) in [6, 6.07) is 90.2. The molecule has 0 radical (unpaired) electrons. The molecule has 0 saturated carbocycles. The highest BCUT2D eigenvalue weighted by atomic mass is 28.3. The van der Waals surface area contributed by atoms with E-state index < -0.39 is 24.2 Å². The SMILES string of the molecule is CC(C)(C)c1ccc([Si](C)(C)C)cc1.CC(C)(C)c1ccc([Si](c2ccc(C(C)(C)C)cc2)(c2ccc(C(C)(C)C)cc2)c2ccc(C(C)(C)C)cc2)cc1.CC(C)(C)c1ccc([Si](c2ccccc2)(c2ccccc2)c2ccccc2)cc1. The molecule has 0 fully saturated rings. The highest BCUT2D eigenvalue weighted by molar-refractivity contribution is 7.20. The molecular weight excluding hydrogens is 1060 g/mol. The molecule has 0 aliphatic rings. The van der Waals surface area contributed by atoms with Crippen molar-refractivity contribution in [3.05, 3.63) is 270 Å². The monoisotopic (exact) mass is 1160 g/mol. The average Bonchev–Trinajstić information content (AvgIpc) is 0.819. The first-order valence-corrected chi connectivity index (χ1v) is 38.4. The molecule has 0 nitrogen and oxygen atoms in total. The van der Waals surface area contributed by atoms with Crippen molar-refractivity contribution in [2.75, 3.05) is 0 Å². The first-order valence-electron chi connectivity index (χ1n) is 30.9. The minimum atomic E-state index is -2.63. The molecule has 0 aliphatic heterocycles. The van der Waals surface area contributed by atoms with E-state index in [1.165, 1.54) is 74.9 Å². The zero-order valence-corrected chi connectivity index (χ0v) is 58.5. The minimum Gasteiger partial charge on any atom is -0.0656 e. The quantitative estimate of drug-likeness (QED) is 0.0998. The summed E-state index contributed by atoms with van der Waals surface area (Å²) in [5.41, 5.74) is 9.16. The van der Waals surface area contributed by atoms with Gasteiger partial charge in [-0.3, -0.25) is 0 Å². The zero-order valence-electron chi connectivity index (χ0n) is 55.5. The summed E-state index contributed by atoms with van der Waals surface area (Å²) in [4.78, 5) is 0. The van der Waals surface area contributed by atoms with E-state index in [9.17, 15) is 0 Å². The van der Waals surface area contributed by atoms with E-state index in [-0.39, 0.29) is 32.5 Å². The van der Waals surface area contributed by atoms with Gasteiger partial charge in [-0.15, -0.1) is 0 Å². The molecular formula is C81H102Si3. The second kappa shape index (κ2) is 25.3. The number of rotatable bonds is 9. The molecule has 9 rings (SSSR count). The van der Waals surface area contributed by atoms with Crippen LogP contribution in [0.2, 0.25) is 19.6 Å². The van der Waals surface area contributed by atoms with Gasteiger partial charge in [0.05, 0.1) is 8.07 Å². The van der Waals surface area contributed by atoms with Crippen LogP contribution < -0.4 is 46.7 Å². The van der Waals surface area contributed by atoms with E-state index in [0.29, 0.717) is 0 Å². The van der Waals surface area contributed by atoms with Crippen LogP contribution in [0.5, 0.6) is 0 Å². The van der Waals surface area contributed by atoms with Gasteiger partial charge in [0.2, 0.25) is 0 Å². The molecule has 438 valence electrons. The molecule has 0 unspecified atom stereocenters. The Balaban J connectivity index is 0.000000203. The van der Waals surface area contributed by atoms with E-state index in [2.05, 4.69) is 381 Å². The van der Waals surface area contributed by atoms with Gasteiger partial charge >= 0.3 is 0 Å². The fraction of sp³-hybridized carbons (Fsp3) is 0.333. The van der Waals surface area contributed by atoms with Crippen LogP contribution in [-0.4, -0.2) is 24.2 Å². The van der Waals surface area contributed by atoms with Gasteiger partial charge in [-0.25, -0.2) is 0 Å².